The number of amides is 1. The van der Waals surface area contributed by atoms with Crippen LogP contribution in [0.4, 0.5) is 0 Å². The fourth-order valence-electron chi connectivity index (χ4n) is 2.53. The number of nitrogens with one attached hydrogen (secondary N) is 2. The maximum absolute atomic E-state index is 12.2. The van der Waals surface area contributed by atoms with Gasteiger partial charge in [0.15, 0.2) is 0 Å². The first-order valence-corrected chi connectivity index (χ1v) is 7.69. The van der Waals surface area contributed by atoms with Gasteiger partial charge in [0.05, 0.1) is 6.04 Å². The van der Waals surface area contributed by atoms with Gasteiger partial charge in [-0.25, -0.2) is 0 Å². The Kier molecular flexibility index (Phi) is 7.06. The van der Waals surface area contributed by atoms with Gasteiger partial charge in [-0.15, -0.1) is 0 Å². The van der Waals surface area contributed by atoms with E-state index in [0.29, 0.717) is 0 Å². The SMILES string of the molecule is CCCC(NC(C)CC)C(=O)C(=O)NC1CCCC1. The Hall–Kier alpha value is -0.900. The zero-order valence-electron chi connectivity index (χ0n) is 12.5. The Bertz CT molecular complexity index is 299. The molecule has 1 aliphatic rings. The van der Waals surface area contributed by atoms with Gasteiger partial charge in [-0.05, 0) is 32.6 Å². The van der Waals surface area contributed by atoms with E-state index < -0.39 is 5.91 Å². The molecule has 4 heteroatoms. The number of carbonyl (C=O) groups excluding carboxylic acids is 2. The molecule has 2 unspecified atom stereocenters. The Morgan fingerprint density at radius 1 is 1.21 bits per heavy atom. The monoisotopic (exact) mass is 268 g/mol. The smallest absolute Gasteiger partial charge is 0.289 e. The van der Waals surface area contributed by atoms with Crippen LogP contribution in [0, 0.1) is 0 Å². The highest BCUT2D eigenvalue weighted by Crippen LogP contribution is 2.17. The van der Waals surface area contributed by atoms with Crippen LogP contribution in [0.25, 0.3) is 0 Å². The summed E-state index contributed by atoms with van der Waals surface area (Å²) < 4.78 is 0. The fraction of sp³-hybridized carbons (Fsp3) is 0.867. The van der Waals surface area contributed by atoms with E-state index in [1.807, 2.05) is 13.8 Å². The molecule has 1 amide bonds. The molecule has 0 aromatic carbocycles. The van der Waals surface area contributed by atoms with Gasteiger partial charge in [-0.2, -0.15) is 0 Å². The Morgan fingerprint density at radius 3 is 2.37 bits per heavy atom. The van der Waals surface area contributed by atoms with Gasteiger partial charge in [-0.3, -0.25) is 9.59 Å². The second-order valence-electron chi connectivity index (χ2n) is 5.64. The predicted molar refractivity (Wildman–Crippen MR) is 77.0 cm³/mol. The lowest BCUT2D eigenvalue weighted by Gasteiger charge is -2.21. The molecule has 0 aliphatic heterocycles. The molecule has 0 heterocycles. The third-order valence-electron chi connectivity index (χ3n) is 3.91. The summed E-state index contributed by atoms with van der Waals surface area (Å²) in [4.78, 5) is 24.2. The summed E-state index contributed by atoms with van der Waals surface area (Å²) in [6.45, 7) is 6.15. The van der Waals surface area contributed by atoms with E-state index in [1.54, 1.807) is 0 Å². The molecule has 19 heavy (non-hydrogen) atoms. The van der Waals surface area contributed by atoms with E-state index in [0.717, 1.165) is 44.9 Å². The van der Waals surface area contributed by atoms with Crippen LogP contribution < -0.4 is 10.6 Å². The molecular formula is C15H28N2O2. The lowest BCUT2D eigenvalue weighted by Crippen LogP contribution is -2.49. The average Bonchev–Trinajstić information content (AvgIpc) is 2.89. The number of ketones is 1. The first-order chi connectivity index (χ1) is 9.08. The molecule has 1 saturated carbocycles. The molecule has 4 nitrogen and oxygen atoms in total. The van der Waals surface area contributed by atoms with E-state index in [4.69, 9.17) is 0 Å². The van der Waals surface area contributed by atoms with Crippen LogP contribution in [0.2, 0.25) is 0 Å². The summed E-state index contributed by atoms with van der Waals surface area (Å²) in [7, 11) is 0. The summed E-state index contributed by atoms with van der Waals surface area (Å²) >= 11 is 0. The van der Waals surface area contributed by atoms with E-state index in [2.05, 4.69) is 17.6 Å². The molecule has 0 aromatic heterocycles. The van der Waals surface area contributed by atoms with Crippen LogP contribution in [-0.2, 0) is 9.59 Å². The fourth-order valence-corrected chi connectivity index (χ4v) is 2.53. The van der Waals surface area contributed by atoms with Crippen molar-refractivity contribution in [2.75, 3.05) is 0 Å². The minimum absolute atomic E-state index is 0.210. The molecule has 0 radical (unpaired) electrons. The zero-order chi connectivity index (χ0) is 14.3. The van der Waals surface area contributed by atoms with Crippen LogP contribution in [0.1, 0.15) is 65.7 Å². The van der Waals surface area contributed by atoms with Crippen molar-refractivity contribution in [1.29, 1.82) is 0 Å². The molecule has 2 N–H and O–H groups in total. The molecule has 1 fully saturated rings. The van der Waals surface area contributed by atoms with Gasteiger partial charge in [0.1, 0.15) is 0 Å². The van der Waals surface area contributed by atoms with E-state index in [9.17, 15) is 9.59 Å². The topological polar surface area (TPSA) is 58.2 Å². The molecule has 0 bridgehead atoms. The van der Waals surface area contributed by atoms with Gasteiger partial charge in [0.2, 0.25) is 5.78 Å². The molecular weight excluding hydrogens is 240 g/mol. The van der Waals surface area contributed by atoms with Crippen LogP contribution >= 0.6 is 0 Å². The van der Waals surface area contributed by atoms with Crippen LogP contribution in [0.3, 0.4) is 0 Å². The van der Waals surface area contributed by atoms with Gasteiger partial charge < -0.3 is 10.6 Å². The van der Waals surface area contributed by atoms with E-state index in [1.165, 1.54) is 0 Å². The molecule has 0 saturated heterocycles. The summed E-state index contributed by atoms with van der Waals surface area (Å²) in [6, 6.07) is 0.142. The minimum atomic E-state index is -0.402. The highest BCUT2D eigenvalue weighted by Gasteiger charge is 2.27. The Labute approximate surface area is 116 Å². The van der Waals surface area contributed by atoms with Crippen molar-refractivity contribution in [3.63, 3.8) is 0 Å². The number of hydrogen-bond donors (Lipinski definition) is 2. The summed E-state index contributed by atoms with van der Waals surface area (Å²) in [6.07, 6.45) is 6.91. The van der Waals surface area contributed by atoms with Crippen LogP contribution in [0.5, 0.6) is 0 Å². The van der Waals surface area contributed by atoms with Crippen LogP contribution in [-0.4, -0.2) is 29.8 Å². The quantitative estimate of drug-likeness (QED) is 0.663. The maximum atomic E-state index is 12.2. The van der Waals surface area contributed by atoms with Crippen molar-refractivity contribution in [1.82, 2.24) is 10.6 Å². The average molecular weight is 268 g/mol. The Morgan fingerprint density at radius 2 is 1.84 bits per heavy atom. The molecule has 2 atom stereocenters. The third-order valence-corrected chi connectivity index (χ3v) is 3.91. The maximum Gasteiger partial charge on any atom is 0.289 e. The van der Waals surface area contributed by atoms with Gasteiger partial charge in [0.25, 0.3) is 5.91 Å². The number of Topliss-reactive ketones (excluding diaryl/α,β-unsaturated/α-hetero) is 1. The number of hydrogen-bond acceptors (Lipinski definition) is 3. The summed E-state index contributed by atoms with van der Waals surface area (Å²) in [5, 5.41) is 6.14. The lowest BCUT2D eigenvalue weighted by molar-refractivity contribution is -0.139. The molecule has 110 valence electrons. The summed E-state index contributed by atoms with van der Waals surface area (Å²) in [5.41, 5.74) is 0. The first kappa shape index (κ1) is 16.2. The summed E-state index contributed by atoms with van der Waals surface area (Å²) in [5.74, 6) is -0.699. The largest absolute Gasteiger partial charge is 0.347 e. The lowest BCUT2D eigenvalue weighted by atomic mass is 10.0. The van der Waals surface area contributed by atoms with E-state index >= 15 is 0 Å². The van der Waals surface area contributed by atoms with Crippen LogP contribution in [0.15, 0.2) is 0 Å². The zero-order valence-corrected chi connectivity index (χ0v) is 12.5. The number of carbonyl (C=O) groups is 2. The molecule has 0 spiro atoms. The second-order valence-corrected chi connectivity index (χ2v) is 5.64. The minimum Gasteiger partial charge on any atom is -0.347 e. The highest BCUT2D eigenvalue weighted by molar-refractivity contribution is 6.38. The highest BCUT2D eigenvalue weighted by atomic mass is 16.2. The van der Waals surface area contributed by atoms with Gasteiger partial charge >= 0.3 is 0 Å². The van der Waals surface area contributed by atoms with Crippen molar-refractivity contribution in [3.8, 4) is 0 Å². The van der Waals surface area contributed by atoms with Crippen molar-refractivity contribution in [2.45, 2.75) is 83.8 Å². The third kappa shape index (κ3) is 5.31. The van der Waals surface area contributed by atoms with Gasteiger partial charge in [-0.1, -0.05) is 33.1 Å². The first-order valence-electron chi connectivity index (χ1n) is 7.69. The second kappa shape index (κ2) is 8.31. The predicted octanol–water partition coefficient (Wildman–Crippen LogP) is 2.17. The van der Waals surface area contributed by atoms with Crippen molar-refractivity contribution >= 4 is 11.7 Å². The van der Waals surface area contributed by atoms with E-state index in [-0.39, 0.29) is 23.9 Å². The molecule has 1 rings (SSSR count). The van der Waals surface area contributed by atoms with Gasteiger partial charge in [0, 0.05) is 12.1 Å². The standard InChI is InChI=1S/C15H28N2O2/c1-4-8-13(16-11(3)5-2)14(18)15(19)17-12-9-6-7-10-12/h11-13,16H,4-10H2,1-3H3,(H,17,19). The van der Waals surface area contributed by atoms with Crippen molar-refractivity contribution in [3.05, 3.63) is 0 Å². The molecule has 1 aliphatic carbocycles. The number of rotatable bonds is 8. The normalized spacial score (nSPS) is 19.1. The van der Waals surface area contributed by atoms with Crippen molar-refractivity contribution < 1.29 is 9.59 Å². The van der Waals surface area contributed by atoms with Crippen molar-refractivity contribution in [2.24, 2.45) is 0 Å². The Balaban J connectivity index is 2.51. The molecule has 0 aromatic rings.